The number of rotatable bonds is 8. The first kappa shape index (κ1) is 18.9. The summed E-state index contributed by atoms with van der Waals surface area (Å²) in [5.74, 6) is 0.423. The van der Waals surface area contributed by atoms with Crippen LogP contribution in [0.25, 0.3) is 0 Å². The summed E-state index contributed by atoms with van der Waals surface area (Å²) < 4.78 is 5.36. The first-order valence-electron chi connectivity index (χ1n) is 9.14. The molecular weight excluding hydrogens is 342 g/mol. The van der Waals surface area contributed by atoms with Gasteiger partial charge in [-0.2, -0.15) is 0 Å². The van der Waals surface area contributed by atoms with E-state index in [1.807, 2.05) is 31.2 Å². The van der Waals surface area contributed by atoms with Crippen molar-refractivity contribution in [2.45, 2.75) is 31.8 Å². The van der Waals surface area contributed by atoms with Gasteiger partial charge < -0.3 is 20.7 Å². The Labute approximate surface area is 159 Å². The van der Waals surface area contributed by atoms with Crippen molar-refractivity contribution in [3.8, 4) is 5.75 Å². The van der Waals surface area contributed by atoms with Crippen LogP contribution in [0.4, 0.5) is 5.69 Å². The average molecular weight is 367 g/mol. The number of carbonyl (C=O) groups is 2. The summed E-state index contributed by atoms with van der Waals surface area (Å²) in [7, 11) is 1.63. The molecule has 0 spiro atoms. The Morgan fingerprint density at radius 1 is 1.11 bits per heavy atom. The standard InChI is InChI=1S/C21H25N3O3/c1-14(16-7-4-6-10-19(16)27-2)22-13-20(25)24-18-9-5-3-8-17(18)21(26)23-15-11-12-15/h3-10,14-15,22H,11-13H2,1-2H3,(H,23,26)(H,24,25)/t14-/m0/s1. The van der Waals surface area contributed by atoms with E-state index in [0.29, 0.717) is 11.3 Å². The fourth-order valence-electron chi connectivity index (χ4n) is 2.86. The topological polar surface area (TPSA) is 79.5 Å². The fourth-order valence-corrected chi connectivity index (χ4v) is 2.86. The lowest BCUT2D eigenvalue weighted by molar-refractivity contribution is -0.115. The van der Waals surface area contributed by atoms with Gasteiger partial charge in [-0.05, 0) is 38.0 Å². The summed E-state index contributed by atoms with van der Waals surface area (Å²) in [6.45, 7) is 2.10. The molecule has 3 rings (SSSR count). The average Bonchev–Trinajstić information content (AvgIpc) is 3.50. The zero-order valence-corrected chi connectivity index (χ0v) is 15.6. The molecule has 142 valence electrons. The van der Waals surface area contributed by atoms with Crippen LogP contribution in [0, 0.1) is 0 Å². The molecule has 0 saturated heterocycles. The van der Waals surface area contributed by atoms with Gasteiger partial charge in [0.05, 0.1) is 24.9 Å². The molecule has 2 aromatic rings. The molecule has 0 bridgehead atoms. The van der Waals surface area contributed by atoms with E-state index in [0.717, 1.165) is 24.2 Å². The van der Waals surface area contributed by atoms with Crippen LogP contribution in [0.15, 0.2) is 48.5 Å². The predicted molar refractivity (Wildman–Crippen MR) is 105 cm³/mol. The Morgan fingerprint density at radius 3 is 2.56 bits per heavy atom. The Kier molecular flexibility index (Phi) is 6.08. The van der Waals surface area contributed by atoms with Crippen LogP contribution in [0.3, 0.4) is 0 Å². The van der Waals surface area contributed by atoms with Crippen molar-refractivity contribution in [2.75, 3.05) is 19.0 Å². The highest BCUT2D eigenvalue weighted by atomic mass is 16.5. The molecule has 3 N–H and O–H groups in total. The van der Waals surface area contributed by atoms with E-state index in [9.17, 15) is 9.59 Å². The van der Waals surface area contributed by atoms with Gasteiger partial charge >= 0.3 is 0 Å². The molecule has 0 heterocycles. The summed E-state index contributed by atoms with van der Waals surface area (Å²) in [4.78, 5) is 24.7. The lowest BCUT2D eigenvalue weighted by Gasteiger charge is -2.17. The number of anilines is 1. The van der Waals surface area contributed by atoms with Gasteiger partial charge in [0.15, 0.2) is 0 Å². The number of amides is 2. The minimum atomic E-state index is -0.205. The number of carbonyl (C=O) groups excluding carboxylic acids is 2. The third-order valence-corrected chi connectivity index (χ3v) is 4.53. The highest BCUT2D eigenvalue weighted by Crippen LogP contribution is 2.24. The Balaban J connectivity index is 1.58. The fraction of sp³-hybridized carbons (Fsp3) is 0.333. The molecule has 1 atom stereocenters. The molecule has 1 aliphatic rings. The third-order valence-electron chi connectivity index (χ3n) is 4.53. The quantitative estimate of drug-likeness (QED) is 0.670. The molecule has 27 heavy (non-hydrogen) atoms. The molecule has 6 heteroatoms. The maximum absolute atomic E-state index is 12.4. The number of methoxy groups -OCH3 is 1. The van der Waals surface area contributed by atoms with Crippen LogP contribution in [-0.4, -0.2) is 31.5 Å². The van der Waals surface area contributed by atoms with Gasteiger partial charge in [0, 0.05) is 17.6 Å². The van der Waals surface area contributed by atoms with E-state index in [1.54, 1.807) is 31.4 Å². The minimum absolute atomic E-state index is 0.0553. The van der Waals surface area contributed by atoms with E-state index in [1.165, 1.54) is 0 Å². The zero-order valence-electron chi connectivity index (χ0n) is 15.6. The largest absolute Gasteiger partial charge is 0.496 e. The Morgan fingerprint density at radius 2 is 1.81 bits per heavy atom. The highest BCUT2D eigenvalue weighted by molar-refractivity contribution is 6.04. The number of benzene rings is 2. The molecule has 0 radical (unpaired) electrons. The molecule has 0 aliphatic heterocycles. The smallest absolute Gasteiger partial charge is 0.253 e. The van der Waals surface area contributed by atoms with Crippen molar-refractivity contribution in [2.24, 2.45) is 0 Å². The second-order valence-corrected chi connectivity index (χ2v) is 6.69. The summed E-state index contributed by atoms with van der Waals surface area (Å²) >= 11 is 0. The van der Waals surface area contributed by atoms with Crippen LogP contribution >= 0.6 is 0 Å². The van der Waals surface area contributed by atoms with Crippen molar-refractivity contribution in [3.05, 3.63) is 59.7 Å². The summed E-state index contributed by atoms with van der Waals surface area (Å²) in [6.07, 6.45) is 2.04. The van der Waals surface area contributed by atoms with Crippen LogP contribution in [0.1, 0.15) is 41.7 Å². The summed E-state index contributed by atoms with van der Waals surface area (Å²) in [5, 5.41) is 8.97. The third kappa shape index (κ3) is 5.08. The van der Waals surface area contributed by atoms with Crippen LogP contribution in [-0.2, 0) is 4.79 Å². The van der Waals surface area contributed by atoms with Gasteiger partial charge in [-0.1, -0.05) is 30.3 Å². The molecular formula is C21H25N3O3. The van der Waals surface area contributed by atoms with E-state index in [-0.39, 0.29) is 30.4 Å². The van der Waals surface area contributed by atoms with Gasteiger partial charge in [-0.15, -0.1) is 0 Å². The van der Waals surface area contributed by atoms with Crippen molar-refractivity contribution in [1.82, 2.24) is 10.6 Å². The zero-order chi connectivity index (χ0) is 19.2. The van der Waals surface area contributed by atoms with Gasteiger partial charge in [0.1, 0.15) is 5.75 Å². The monoisotopic (exact) mass is 367 g/mol. The van der Waals surface area contributed by atoms with Gasteiger partial charge in [-0.3, -0.25) is 9.59 Å². The first-order valence-corrected chi connectivity index (χ1v) is 9.14. The molecule has 2 amide bonds. The Hall–Kier alpha value is -2.86. The van der Waals surface area contributed by atoms with Crippen LogP contribution in [0.5, 0.6) is 5.75 Å². The summed E-state index contributed by atoms with van der Waals surface area (Å²) in [6, 6.07) is 15.0. The number of para-hydroxylation sites is 2. The molecule has 1 fully saturated rings. The minimum Gasteiger partial charge on any atom is -0.496 e. The maximum Gasteiger partial charge on any atom is 0.253 e. The molecule has 1 aliphatic carbocycles. The SMILES string of the molecule is COc1ccccc1[C@H](C)NCC(=O)Nc1ccccc1C(=O)NC1CC1. The number of ether oxygens (including phenoxy) is 1. The first-order chi connectivity index (χ1) is 13.1. The van der Waals surface area contributed by atoms with Gasteiger partial charge in [-0.25, -0.2) is 0 Å². The molecule has 0 aromatic heterocycles. The second-order valence-electron chi connectivity index (χ2n) is 6.69. The lowest BCUT2D eigenvalue weighted by atomic mass is 10.1. The van der Waals surface area contributed by atoms with Crippen LogP contribution < -0.4 is 20.7 Å². The number of hydrogen-bond acceptors (Lipinski definition) is 4. The number of hydrogen-bond donors (Lipinski definition) is 3. The molecule has 1 saturated carbocycles. The van der Waals surface area contributed by atoms with E-state index < -0.39 is 0 Å². The van der Waals surface area contributed by atoms with Gasteiger partial charge in [0.2, 0.25) is 5.91 Å². The molecule has 6 nitrogen and oxygen atoms in total. The lowest BCUT2D eigenvalue weighted by Crippen LogP contribution is -2.31. The van der Waals surface area contributed by atoms with E-state index in [2.05, 4.69) is 16.0 Å². The molecule has 2 aromatic carbocycles. The number of nitrogens with one attached hydrogen (secondary N) is 3. The van der Waals surface area contributed by atoms with Gasteiger partial charge in [0.25, 0.3) is 5.91 Å². The normalized spacial score (nSPS) is 14.3. The second kappa shape index (κ2) is 8.68. The molecule has 0 unspecified atom stereocenters. The maximum atomic E-state index is 12.4. The highest BCUT2D eigenvalue weighted by Gasteiger charge is 2.25. The van der Waals surface area contributed by atoms with Crippen molar-refractivity contribution < 1.29 is 14.3 Å². The van der Waals surface area contributed by atoms with Crippen molar-refractivity contribution in [3.63, 3.8) is 0 Å². The van der Waals surface area contributed by atoms with Crippen LogP contribution in [0.2, 0.25) is 0 Å². The summed E-state index contributed by atoms with van der Waals surface area (Å²) in [5.41, 5.74) is 1.99. The predicted octanol–water partition coefficient (Wildman–Crippen LogP) is 2.88. The van der Waals surface area contributed by atoms with Crippen molar-refractivity contribution >= 4 is 17.5 Å². The van der Waals surface area contributed by atoms with E-state index in [4.69, 9.17) is 4.74 Å². The Bertz CT molecular complexity index is 818. The van der Waals surface area contributed by atoms with Crippen molar-refractivity contribution in [1.29, 1.82) is 0 Å². The van der Waals surface area contributed by atoms with E-state index >= 15 is 0 Å².